The molecule has 0 saturated carbocycles. The molecule has 1 fully saturated rings. The minimum Gasteiger partial charge on any atom is -0.206 e. The molecule has 0 spiro atoms. The average Bonchev–Trinajstić information content (AvgIpc) is 1.90. The van der Waals surface area contributed by atoms with Gasteiger partial charge in [0.2, 0.25) is 0 Å². The fourth-order valence-corrected chi connectivity index (χ4v) is 0.482. The molecule has 1 aliphatic rings. The maximum atomic E-state index is 4.59. The highest BCUT2D eigenvalue weighted by molar-refractivity contribution is 4.78. The zero-order chi connectivity index (χ0) is 5.82. The van der Waals surface area contributed by atoms with Crippen LogP contribution in [-0.2, 0) is 14.8 Å². The van der Waals surface area contributed by atoms with Crippen LogP contribution in [0.4, 0.5) is 0 Å². The highest BCUT2D eigenvalue weighted by Gasteiger charge is 2.10. The molecule has 3 nitrogen and oxygen atoms in total. The lowest BCUT2D eigenvalue weighted by molar-refractivity contribution is -0.543. The minimum atomic E-state index is 0.00347. The Kier molecular flexibility index (Phi) is 2.02. The largest absolute Gasteiger partial charge is 0.206 e. The molecular formula is C5H8O3. The Morgan fingerprint density at radius 3 is 2.88 bits per heavy atom. The smallest absolute Gasteiger partial charge is 0.116 e. The lowest BCUT2D eigenvalue weighted by Crippen LogP contribution is -2.19. The lowest BCUT2D eigenvalue weighted by Gasteiger charge is -2.15. The van der Waals surface area contributed by atoms with Crippen molar-refractivity contribution in [2.75, 3.05) is 6.61 Å². The summed E-state index contributed by atoms with van der Waals surface area (Å²) in [6.45, 7) is 4.10. The van der Waals surface area contributed by atoms with Gasteiger partial charge in [0, 0.05) is 6.42 Å². The molecule has 1 atom stereocenters. The van der Waals surface area contributed by atoms with Gasteiger partial charge in [-0.05, 0) is 0 Å². The maximum absolute atomic E-state index is 4.59. The number of rotatable bonds is 1. The molecule has 1 rings (SSSR count). The third-order valence-corrected chi connectivity index (χ3v) is 0.960. The van der Waals surface area contributed by atoms with Crippen LogP contribution in [0, 0.1) is 0 Å². The first kappa shape index (κ1) is 5.75. The van der Waals surface area contributed by atoms with Gasteiger partial charge in [0.15, 0.2) is 0 Å². The molecule has 3 heteroatoms. The second-order valence-electron chi connectivity index (χ2n) is 1.55. The van der Waals surface area contributed by atoms with E-state index in [4.69, 9.17) is 0 Å². The Balaban J connectivity index is 2.22. The van der Waals surface area contributed by atoms with E-state index in [0.29, 0.717) is 6.61 Å². The first-order valence-electron chi connectivity index (χ1n) is 2.51. The van der Waals surface area contributed by atoms with Gasteiger partial charge < -0.3 is 0 Å². The van der Waals surface area contributed by atoms with E-state index in [2.05, 4.69) is 21.4 Å². The zero-order valence-corrected chi connectivity index (χ0v) is 4.50. The van der Waals surface area contributed by atoms with E-state index in [1.54, 1.807) is 6.08 Å². The SMILES string of the molecule is C=CC1CCOOO1. The first-order chi connectivity index (χ1) is 3.93. The molecule has 0 radical (unpaired) electrons. The lowest BCUT2D eigenvalue weighted by atomic mass is 10.3. The Morgan fingerprint density at radius 2 is 2.50 bits per heavy atom. The van der Waals surface area contributed by atoms with Crippen molar-refractivity contribution in [1.82, 2.24) is 0 Å². The van der Waals surface area contributed by atoms with Crippen LogP contribution in [0.15, 0.2) is 12.7 Å². The van der Waals surface area contributed by atoms with Crippen molar-refractivity contribution in [2.45, 2.75) is 12.5 Å². The number of hydrogen-bond donors (Lipinski definition) is 0. The molecule has 8 heavy (non-hydrogen) atoms. The summed E-state index contributed by atoms with van der Waals surface area (Å²) in [4.78, 5) is 9.02. The van der Waals surface area contributed by atoms with Crippen LogP contribution in [-0.4, -0.2) is 12.7 Å². The molecule has 1 saturated heterocycles. The molecule has 0 aliphatic carbocycles. The summed E-state index contributed by atoms with van der Waals surface area (Å²) in [5, 5.41) is 4.20. The summed E-state index contributed by atoms with van der Waals surface area (Å²) < 4.78 is 0. The highest BCUT2D eigenvalue weighted by atomic mass is 17.5. The Hall–Kier alpha value is -0.380. The average molecular weight is 116 g/mol. The van der Waals surface area contributed by atoms with Gasteiger partial charge in [-0.15, -0.1) is 6.58 Å². The second-order valence-corrected chi connectivity index (χ2v) is 1.55. The van der Waals surface area contributed by atoms with E-state index < -0.39 is 0 Å². The van der Waals surface area contributed by atoms with Gasteiger partial charge in [0.1, 0.15) is 6.10 Å². The third kappa shape index (κ3) is 1.30. The number of hydrogen-bond acceptors (Lipinski definition) is 3. The van der Waals surface area contributed by atoms with E-state index in [-0.39, 0.29) is 6.10 Å². The van der Waals surface area contributed by atoms with Crippen LogP contribution in [0.3, 0.4) is 0 Å². The van der Waals surface area contributed by atoms with Crippen LogP contribution < -0.4 is 0 Å². The molecule has 0 aromatic heterocycles. The molecule has 1 heterocycles. The van der Waals surface area contributed by atoms with Crippen LogP contribution in [0.1, 0.15) is 6.42 Å². The van der Waals surface area contributed by atoms with Crippen molar-refractivity contribution in [1.29, 1.82) is 0 Å². The standard InChI is InChI=1S/C5H8O3/c1-2-5-3-4-6-8-7-5/h2,5H,1,3-4H2. The van der Waals surface area contributed by atoms with Crippen LogP contribution >= 0.6 is 0 Å². The van der Waals surface area contributed by atoms with Crippen LogP contribution in [0.5, 0.6) is 0 Å². The van der Waals surface area contributed by atoms with E-state index in [0.717, 1.165) is 6.42 Å². The van der Waals surface area contributed by atoms with E-state index >= 15 is 0 Å². The quantitative estimate of drug-likeness (QED) is 0.375. The monoisotopic (exact) mass is 116 g/mol. The van der Waals surface area contributed by atoms with Crippen molar-refractivity contribution in [2.24, 2.45) is 0 Å². The molecule has 0 aromatic rings. The van der Waals surface area contributed by atoms with Gasteiger partial charge in [-0.2, -0.15) is 4.89 Å². The van der Waals surface area contributed by atoms with Crippen LogP contribution in [0.2, 0.25) is 0 Å². The van der Waals surface area contributed by atoms with Crippen LogP contribution in [0.25, 0.3) is 0 Å². The third-order valence-electron chi connectivity index (χ3n) is 0.960. The van der Waals surface area contributed by atoms with Crippen molar-refractivity contribution in [3.05, 3.63) is 12.7 Å². The second kappa shape index (κ2) is 2.81. The van der Waals surface area contributed by atoms with Crippen molar-refractivity contribution < 1.29 is 14.8 Å². The van der Waals surface area contributed by atoms with Gasteiger partial charge >= 0.3 is 0 Å². The molecule has 0 aromatic carbocycles. The fourth-order valence-electron chi connectivity index (χ4n) is 0.482. The van der Waals surface area contributed by atoms with Gasteiger partial charge in [-0.25, -0.2) is 4.89 Å². The summed E-state index contributed by atoms with van der Waals surface area (Å²) in [5.41, 5.74) is 0. The summed E-state index contributed by atoms with van der Waals surface area (Å²) in [6.07, 6.45) is 2.51. The molecular weight excluding hydrogens is 108 g/mol. The molecule has 1 unspecified atom stereocenters. The summed E-state index contributed by atoms with van der Waals surface area (Å²) >= 11 is 0. The fraction of sp³-hybridized carbons (Fsp3) is 0.600. The predicted molar refractivity (Wildman–Crippen MR) is 26.7 cm³/mol. The topological polar surface area (TPSA) is 27.7 Å². The molecule has 1 aliphatic heterocycles. The van der Waals surface area contributed by atoms with Crippen molar-refractivity contribution in [3.63, 3.8) is 0 Å². The molecule has 0 amide bonds. The predicted octanol–water partition coefficient (Wildman–Crippen LogP) is 0.825. The summed E-state index contributed by atoms with van der Waals surface area (Å²) in [7, 11) is 0. The van der Waals surface area contributed by atoms with Gasteiger partial charge in [0.05, 0.1) is 6.61 Å². The van der Waals surface area contributed by atoms with Gasteiger partial charge in [0.25, 0.3) is 0 Å². The Morgan fingerprint density at radius 1 is 1.62 bits per heavy atom. The van der Waals surface area contributed by atoms with Gasteiger partial charge in [-0.3, -0.25) is 0 Å². The Labute approximate surface area is 47.7 Å². The maximum Gasteiger partial charge on any atom is 0.116 e. The van der Waals surface area contributed by atoms with Gasteiger partial charge in [-0.1, -0.05) is 11.1 Å². The van der Waals surface area contributed by atoms with E-state index in [1.807, 2.05) is 0 Å². The molecule has 0 bridgehead atoms. The first-order valence-corrected chi connectivity index (χ1v) is 2.51. The normalized spacial score (nSPS) is 29.8. The van der Waals surface area contributed by atoms with Crippen molar-refractivity contribution >= 4 is 0 Å². The van der Waals surface area contributed by atoms with Crippen molar-refractivity contribution in [3.8, 4) is 0 Å². The Bertz CT molecular complexity index is 75.7. The summed E-state index contributed by atoms with van der Waals surface area (Å²) in [6, 6.07) is 0. The van der Waals surface area contributed by atoms with E-state index in [1.165, 1.54) is 0 Å². The zero-order valence-electron chi connectivity index (χ0n) is 4.50. The summed E-state index contributed by atoms with van der Waals surface area (Å²) in [5.74, 6) is 0. The minimum absolute atomic E-state index is 0.00347. The molecule has 46 valence electrons. The highest BCUT2D eigenvalue weighted by Crippen LogP contribution is 2.06. The molecule has 0 N–H and O–H groups in total. The van der Waals surface area contributed by atoms with E-state index in [9.17, 15) is 0 Å².